The van der Waals surface area contributed by atoms with Gasteiger partial charge in [0.1, 0.15) is 0 Å². The van der Waals surface area contributed by atoms with E-state index in [0.29, 0.717) is 20.9 Å². The van der Waals surface area contributed by atoms with Crippen LogP contribution < -0.4 is 0 Å². The molecular formula is C9H6Cl2N4O2S. The van der Waals surface area contributed by atoms with Gasteiger partial charge in [0, 0.05) is 0 Å². The van der Waals surface area contributed by atoms with Crippen LogP contribution >= 0.6 is 35.0 Å². The lowest BCUT2D eigenvalue weighted by Crippen LogP contribution is -2.03. The minimum Gasteiger partial charge on any atom is -0.481 e. The van der Waals surface area contributed by atoms with Gasteiger partial charge in [0.15, 0.2) is 0 Å². The minimum absolute atomic E-state index is 0.123. The molecule has 0 unspecified atom stereocenters. The molecule has 1 aromatic heterocycles. The third-order valence-electron chi connectivity index (χ3n) is 1.91. The Labute approximate surface area is 116 Å². The monoisotopic (exact) mass is 304 g/mol. The highest BCUT2D eigenvalue weighted by molar-refractivity contribution is 7.99. The van der Waals surface area contributed by atoms with E-state index in [2.05, 4.69) is 15.5 Å². The molecule has 0 fully saturated rings. The van der Waals surface area contributed by atoms with Gasteiger partial charge in [-0.05, 0) is 28.6 Å². The van der Waals surface area contributed by atoms with Crippen LogP contribution in [0.2, 0.25) is 10.0 Å². The van der Waals surface area contributed by atoms with Gasteiger partial charge in [0.05, 0.1) is 21.5 Å². The molecule has 2 aromatic rings. The first-order chi connectivity index (χ1) is 8.58. The van der Waals surface area contributed by atoms with E-state index >= 15 is 0 Å². The van der Waals surface area contributed by atoms with Crippen LogP contribution in [0.5, 0.6) is 0 Å². The Morgan fingerprint density at radius 3 is 2.83 bits per heavy atom. The average Bonchev–Trinajstić information content (AvgIpc) is 2.78. The number of hydrogen-bond donors (Lipinski definition) is 1. The van der Waals surface area contributed by atoms with Gasteiger partial charge in [-0.1, -0.05) is 35.0 Å². The van der Waals surface area contributed by atoms with Gasteiger partial charge in [-0.2, -0.15) is 4.68 Å². The van der Waals surface area contributed by atoms with Crippen LogP contribution in [-0.2, 0) is 4.79 Å². The van der Waals surface area contributed by atoms with Gasteiger partial charge in [0.2, 0.25) is 5.16 Å². The molecule has 0 atom stereocenters. The number of hydrogen-bond acceptors (Lipinski definition) is 5. The van der Waals surface area contributed by atoms with Crippen molar-refractivity contribution < 1.29 is 9.90 Å². The fraction of sp³-hybridized carbons (Fsp3) is 0.111. The molecule has 0 spiro atoms. The molecule has 6 nitrogen and oxygen atoms in total. The van der Waals surface area contributed by atoms with Crippen LogP contribution in [0.1, 0.15) is 0 Å². The summed E-state index contributed by atoms with van der Waals surface area (Å²) in [6.07, 6.45) is 0. The summed E-state index contributed by atoms with van der Waals surface area (Å²) in [5.41, 5.74) is 0.613. The SMILES string of the molecule is O=C(O)CSc1nnnn1-c1ccc(Cl)c(Cl)c1. The van der Waals surface area contributed by atoms with Gasteiger partial charge in [0.25, 0.3) is 0 Å². The van der Waals surface area contributed by atoms with E-state index in [9.17, 15) is 4.79 Å². The number of halogens is 2. The summed E-state index contributed by atoms with van der Waals surface area (Å²) < 4.78 is 1.40. The average molecular weight is 305 g/mol. The number of carboxylic acids is 1. The molecule has 0 aliphatic rings. The fourth-order valence-electron chi connectivity index (χ4n) is 1.17. The van der Waals surface area contributed by atoms with Gasteiger partial charge in [-0.15, -0.1) is 5.10 Å². The predicted molar refractivity (Wildman–Crippen MR) is 67.5 cm³/mol. The lowest BCUT2D eigenvalue weighted by Gasteiger charge is -2.04. The zero-order valence-corrected chi connectivity index (χ0v) is 11.1. The number of nitrogens with zero attached hydrogens (tertiary/aromatic N) is 4. The summed E-state index contributed by atoms with van der Waals surface area (Å²) in [5, 5.41) is 20.8. The second-order valence-electron chi connectivity index (χ2n) is 3.15. The van der Waals surface area contributed by atoms with Crippen molar-refractivity contribution in [2.75, 3.05) is 5.75 Å². The first kappa shape index (κ1) is 13.1. The Balaban J connectivity index is 2.30. The summed E-state index contributed by atoms with van der Waals surface area (Å²) in [6.45, 7) is 0. The zero-order valence-electron chi connectivity index (χ0n) is 8.75. The standard InChI is InChI=1S/C9H6Cl2N4O2S/c10-6-2-1-5(3-7(6)11)15-9(12-13-14-15)18-4-8(16)17/h1-3H,4H2,(H,16,17). The number of carbonyl (C=O) groups is 1. The Morgan fingerprint density at radius 2 is 2.17 bits per heavy atom. The number of carboxylic acid groups (broad SMARTS) is 1. The first-order valence-corrected chi connectivity index (χ1v) is 6.40. The minimum atomic E-state index is -0.941. The summed E-state index contributed by atoms with van der Waals surface area (Å²) in [4.78, 5) is 10.5. The molecule has 0 bridgehead atoms. The highest BCUT2D eigenvalue weighted by atomic mass is 35.5. The van der Waals surface area contributed by atoms with E-state index in [1.807, 2.05) is 0 Å². The smallest absolute Gasteiger partial charge is 0.313 e. The van der Waals surface area contributed by atoms with E-state index in [4.69, 9.17) is 28.3 Å². The maximum atomic E-state index is 10.5. The molecule has 0 saturated heterocycles. The Kier molecular flexibility index (Phi) is 4.05. The lowest BCUT2D eigenvalue weighted by molar-refractivity contribution is -0.133. The number of aliphatic carboxylic acids is 1. The summed E-state index contributed by atoms with van der Waals surface area (Å²) in [7, 11) is 0. The molecule has 0 aliphatic carbocycles. The van der Waals surface area contributed by atoms with E-state index in [0.717, 1.165) is 11.8 Å². The summed E-state index contributed by atoms with van der Waals surface area (Å²) in [6, 6.07) is 4.91. The van der Waals surface area contributed by atoms with Crippen molar-refractivity contribution in [3.63, 3.8) is 0 Å². The summed E-state index contributed by atoms with van der Waals surface area (Å²) >= 11 is 12.7. The highest BCUT2D eigenvalue weighted by Gasteiger charge is 2.11. The Morgan fingerprint density at radius 1 is 1.39 bits per heavy atom. The van der Waals surface area contributed by atoms with Crippen molar-refractivity contribution >= 4 is 40.9 Å². The molecule has 0 aliphatic heterocycles. The van der Waals surface area contributed by atoms with Gasteiger partial charge in [-0.25, -0.2) is 0 Å². The second-order valence-corrected chi connectivity index (χ2v) is 4.91. The molecule has 9 heteroatoms. The largest absolute Gasteiger partial charge is 0.481 e. The van der Waals surface area contributed by atoms with Crippen molar-refractivity contribution in [2.45, 2.75) is 5.16 Å². The molecule has 2 rings (SSSR count). The second kappa shape index (κ2) is 5.55. The normalized spacial score (nSPS) is 10.6. The van der Waals surface area contributed by atoms with E-state index in [1.165, 1.54) is 4.68 Å². The molecule has 0 radical (unpaired) electrons. The molecule has 18 heavy (non-hydrogen) atoms. The molecule has 0 saturated carbocycles. The van der Waals surface area contributed by atoms with Crippen molar-refractivity contribution in [3.8, 4) is 5.69 Å². The van der Waals surface area contributed by atoms with Crippen molar-refractivity contribution in [1.82, 2.24) is 20.2 Å². The van der Waals surface area contributed by atoms with Crippen LogP contribution in [0.4, 0.5) is 0 Å². The van der Waals surface area contributed by atoms with E-state index in [1.54, 1.807) is 18.2 Å². The molecule has 94 valence electrons. The molecule has 1 heterocycles. The fourth-order valence-corrected chi connectivity index (χ4v) is 2.08. The molecular weight excluding hydrogens is 299 g/mol. The Bertz CT molecular complexity index is 590. The topological polar surface area (TPSA) is 80.9 Å². The third-order valence-corrected chi connectivity index (χ3v) is 3.56. The number of thioether (sulfide) groups is 1. The van der Waals surface area contributed by atoms with Crippen LogP contribution in [0.3, 0.4) is 0 Å². The molecule has 0 amide bonds. The quantitative estimate of drug-likeness (QED) is 0.872. The van der Waals surface area contributed by atoms with Crippen LogP contribution in [-0.4, -0.2) is 37.0 Å². The predicted octanol–water partition coefficient (Wildman–Crippen LogP) is 2.15. The number of benzene rings is 1. The maximum absolute atomic E-state index is 10.5. The number of tetrazole rings is 1. The summed E-state index contributed by atoms with van der Waals surface area (Å²) in [5.74, 6) is -1.06. The van der Waals surface area contributed by atoms with Crippen molar-refractivity contribution in [3.05, 3.63) is 28.2 Å². The number of rotatable bonds is 4. The molecule has 1 N–H and O–H groups in total. The van der Waals surface area contributed by atoms with Gasteiger partial charge < -0.3 is 5.11 Å². The molecule has 1 aromatic carbocycles. The van der Waals surface area contributed by atoms with E-state index in [-0.39, 0.29) is 5.75 Å². The van der Waals surface area contributed by atoms with Crippen LogP contribution in [0, 0.1) is 0 Å². The van der Waals surface area contributed by atoms with Crippen LogP contribution in [0.25, 0.3) is 5.69 Å². The van der Waals surface area contributed by atoms with Gasteiger partial charge >= 0.3 is 5.97 Å². The maximum Gasteiger partial charge on any atom is 0.313 e. The highest BCUT2D eigenvalue weighted by Crippen LogP contribution is 2.26. The first-order valence-electron chi connectivity index (χ1n) is 4.66. The van der Waals surface area contributed by atoms with Gasteiger partial charge in [-0.3, -0.25) is 4.79 Å². The third kappa shape index (κ3) is 2.92. The van der Waals surface area contributed by atoms with Crippen LogP contribution in [0.15, 0.2) is 23.4 Å². The van der Waals surface area contributed by atoms with Crippen molar-refractivity contribution in [1.29, 1.82) is 0 Å². The number of aromatic nitrogens is 4. The van der Waals surface area contributed by atoms with Crippen molar-refractivity contribution in [2.24, 2.45) is 0 Å². The Hall–Kier alpha value is -1.31. The van der Waals surface area contributed by atoms with E-state index < -0.39 is 5.97 Å². The lowest BCUT2D eigenvalue weighted by atomic mass is 10.3. The zero-order chi connectivity index (χ0) is 13.1.